The molecule has 1 aliphatic heterocycles. The molecule has 0 spiro atoms. The van der Waals surface area contributed by atoms with Gasteiger partial charge in [-0.1, -0.05) is 26.0 Å². The topological polar surface area (TPSA) is 46.6 Å². The van der Waals surface area contributed by atoms with Crippen molar-refractivity contribution in [3.05, 3.63) is 41.2 Å². The Bertz CT molecular complexity index is 657. The fraction of sp³-hybridized carbons (Fsp3) is 0.524. The van der Waals surface area contributed by atoms with E-state index in [4.69, 9.17) is 4.74 Å². The standard InChI is InChI=1S/C19H23NO3.C2H6/c1-3-20-12-15(17(21)14-10-5-6-11-16(14)20)18(22)19(23-4-2)13-8-7-9-13;1-2/h5-6,10-11,15H,3-4,7-9,12H2,1-2H3;1-2H3. The smallest absolute Gasteiger partial charge is 0.209 e. The third-order valence-electron chi connectivity index (χ3n) is 4.72. The minimum absolute atomic E-state index is 0.0765. The van der Waals surface area contributed by atoms with Crippen molar-refractivity contribution in [2.75, 3.05) is 24.6 Å². The minimum Gasteiger partial charge on any atom is -0.490 e. The number of ketones is 2. The van der Waals surface area contributed by atoms with E-state index in [9.17, 15) is 9.59 Å². The second-order valence-electron chi connectivity index (χ2n) is 6.06. The molecule has 4 nitrogen and oxygen atoms in total. The van der Waals surface area contributed by atoms with E-state index in [2.05, 4.69) is 4.90 Å². The molecule has 0 amide bonds. The molecule has 25 heavy (non-hydrogen) atoms. The lowest BCUT2D eigenvalue weighted by atomic mass is 9.83. The van der Waals surface area contributed by atoms with Crippen LogP contribution in [-0.4, -0.2) is 31.3 Å². The molecule has 1 atom stereocenters. The molecule has 1 heterocycles. The molecule has 136 valence electrons. The lowest BCUT2D eigenvalue weighted by Crippen LogP contribution is -2.43. The predicted octanol–water partition coefficient (Wildman–Crippen LogP) is 4.40. The summed E-state index contributed by atoms with van der Waals surface area (Å²) in [5.74, 6) is -0.418. The monoisotopic (exact) mass is 343 g/mol. The lowest BCUT2D eigenvalue weighted by Gasteiger charge is -2.34. The number of hydrogen-bond donors (Lipinski definition) is 0. The van der Waals surface area contributed by atoms with Gasteiger partial charge in [0, 0.05) is 24.3 Å². The number of rotatable bonds is 5. The summed E-state index contributed by atoms with van der Waals surface area (Å²) in [6, 6.07) is 7.55. The van der Waals surface area contributed by atoms with Crippen LogP contribution in [0.15, 0.2) is 35.6 Å². The summed E-state index contributed by atoms with van der Waals surface area (Å²) in [4.78, 5) is 27.9. The van der Waals surface area contributed by atoms with Crippen LogP contribution in [0, 0.1) is 5.92 Å². The molecule has 2 aliphatic rings. The zero-order valence-corrected chi connectivity index (χ0v) is 15.8. The van der Waals surface area contributed by atoms with E-state index in [1.54, 1.807) is 0 Å². The number of ether oxygens (including phenoxy) is 1. The third kappa shape index (κ3) is 3.78. The van der Waals surface area contributed by atoms with Crippen molar-refractivity contribution in [1.82, 2.24) is 0 Å². The second kappa shape index (κ2) is 8.84. The van der Waals surface area contributed by atoms with Crippen molar-refractivity contribution in [2.24, 2.45) is 5.92 Å². The van der Waals surface area contributed by atoms with Gasteiger partial charge in [-0.2, -0.15) is 0 Å². The van der Waals surface area contributed by atoms with Crippen LogP contribution in [0.1, 0.15) is 57.3 Å². The lowest BCUT2D eigenvalue weighted by molar-refractivity contribution is -0.121. The Hall–Kier alpha value is -2.10. The van der Waals surface area contributed by atoms with Crippen molar-refractivity contribution in [3.63, 3.8) is 0 Å². The average Bonchev–Trinajstić information content (AvgIpc) is 2.61. The second-order valence-corrected chi connectivity index (χ2v) is 6.06. The van der Waals surface area contributed by atoms with Crippen LogP contribution in [0.2, 0.25) is 0 Å². The molecule has 4 heteroatoms. The highest BCUT2D eigenvalue weighted by atomic mass is 16.5. The number of anilines is 1. The fourth-order valence-electron chi connectivity index (χ4n) is 3.28. The van der Waals surface area contributed by atoms with Crippen LogP contribution in [-0.2, 0) is 9.53 Å². The van der Waals surface area contributed by atoms with Crippen molar-refractivity contribution < 1.29 is 14.3 Å². The molecule has 1 aliphatic carbocycles. The van der Waals surface area contributed by atoms with E-state index in [1.165, 1.54) is 0 Å². The van der Waals surface area contributed by atoms with E-state index in [0.717, 1.165) is 37.1 Å². The maximum atomic E-state index is 13.0. The first-order chi connectivity index (χ1) is 12.2. The molecule has 1 saturated carbocycles. The molecule has 0 saturated heterocycles. The van der Waals surface area contributed by atoms with Gasteiger partial charge >= 0.3 is 0 Å². The first kappa shape index (κ1) is 19.2. The number of carbonyl (C=O) groups excluding carboxylic acids is 2. The SMILES string of the molecule is CC.CCOC(C(=O)C1CN(CC)c2ccccc2C1=O)=C1CCC1. The van der Waals surface area contributed by atoms with Gasteiger partial charge in [0.2, 0.25) is 5.78 Å². The Morgan fingerprint density at radius 3 is 2.44 bits per heavy atom. The molecule has 3 rings (SSSR count). The van der Waals surface area contributed by atoms with Gasteiger partial charge < -0.3 is 9.64 Å². The molecule has 1 aromatic carbocycles. The van der Waals surface area contributed by atoms with Crippen molar-refractivity contribution in [2.45, 2.75) is 47.0 Å². The zero-order chi connectivity index (χ0) is 18.4. The van der Waals surface area contributed by atoms with Crippen LogP contribution in [0.4, 0.5) is 5.69 Å². The largest absolute Gasteiger partial charge is 0.490 e. The number of hydrogen-bond acceptors (Lipinski definition) is 4. The van der Waals surface area contributed by atoms with Gasteiger partial charge in [-0.3, -0.25) is 9.59 Å². The zero-order valence-electron chi connectivity index (χ0n) is 15.8. The summed E-state index contributed by atoms with van der Waals surface area (Å²) in [5.41, 5.74) is 2.65. The maximum Gasteiger partial charge on any atom is 0.209 e. The minimum atomic E-state index is -0.653. The molecule has 1 fully saturated rings. The molecule has 0 aromatic heterocycles. The predicted molar refractivity (Wildman–Crippen MR) is 101 cm³/mol. The summed E-state index contributed by atoms with van der Waals surface area (Å²) < 4.78 is 5.63. The van der Waals surface area contributed by atoms with Crippen LogP contribution in [0.5, 0.6) is 0 Å². The number of allylic oxidation sites excluding steroid dienone is 2. The van der Waals surface area contributed by atoms with E-state index in [0.29, 0.717) is 24.5 Å². The van der Waals surface area contributed by atoms with E-state index >= 15 is 0 Å². The Kier molecular flexibility index (Phi) is 6.80. The first-order valence-corrected chi connectivity index (χ1v) is 9.44. The molecular weight excluding hydrogens is 314 g/mol. The maximum absolute atomic E-state index is 13.0. The normalized spacial score (nSPS) is 18.6. The summed E-state index contributed by atoms with van der Waals surface area (Å²) in [7, 11) is 0. The Labute approximate surface area is 150 Å². The molecule has 1 aromatic rings. The highest BCUT2D eigenvalue weighted by molar-refractivity contribution is 6.18. The quantitative estimate of drug-likeness (QED) is 0.452. The van der Waals surface area contributed by atoms with Crippen LogP contribution in [0.3, 0.4) is 0 Å². The fourth-order valence-corrected chi connectivity index (χ4v) is 3.28. The first-order valence-electron chi connectivity index (χ1n) is 9.44. The van der Waals surface area contributed by atoms with Crippen molar-refractivity contribution in [1.29, 1.82) is 0 Å². The van der Waals surface area contributed by atoms with Gasteiger partial charge in [-0.15, -0.1) is 0 Å². The van der Waals surface area contributed by atoms with E-state index in [1.807, 2.05) is 52.0 Å². The number of benzene rings is 1. The van der Waals surface area contributed by atoms with Crippen LogP contribution in [0.25, 0.3) is 0 Å². The summed E-state index contributed by atoms with van der Waals surface area (Å²) >= 11 is 0. The molecule has 0 N–H and O–H groups in total. The summed E-state index contributed by atoms with van der Waals surface area (Å²) in [6.07, 6.45) is 2.92. The molecule has 0 bridgehead atoms. The Balaban J connectivity index is 0.00000109. The van der Waals surface area contributed by atoms with Crippen molar-refractivity contribution >= 4 is 17.3 Å². The number of para-hydroxylation sites is 1. The number of fused-ring (bicyclic) bond motifs is 1. The van der Waals surface area contributed by atoms with Gasteiger partial charge in [-0.05, 0) is 50.8 Å². The molecule has 1 unspecified atom stereocenters. The van der Waals surface area contributed by atoms with Gasteiger partial charge in [0.1, 0.15) is 5.92 Å². The third-order valence-corrected chi connectivity index (χ3v) is 4.72. The summed E-state index contributed by atoms with van der Waals surface area (Å²) in [5, 5.41) is 0. The summed E-state index contributed by atoms with van der Waals surface area (Å²) in [6.45, 7) is 9.59. The number of Topliss-reactive ketones (excluding diaryl/α,β-unsaturated/α-hetero) is 2. The van der Waals surface area contributed by atoms with E-state index < -0.39 is 5.92 Å². The van der Waals surface area contributed by atoms with Crippen LogP contribution < -0.4 is 4.90 Å². The van der Waals surface area contributed by atoms with E-state index in [-0.39, 0.29) is 11.6 Å². The van der Waals surface area contributed by atoms with Gasteiger partial charge in [-0.25, -0.2) is 0 Å². The van der Waals surface area contributed by atoms with Gasteiger partial charge in [0.15, 0.2) is 11.5 Å². The van der Waals surface area contributed by atoms with Crippen molar-refractivity contribution in [3.8, 4) is 0 Å². The van der Waals surface area contributed by atoms with Gasteiger partial charge in [0.05, 0.1) is 6.61 Å². The highest BCUT2D eigenvalue weighted by Crippen LogP contribution is 2.34. The van der Waals surface area contributed by atoms with Crippen LogP contribution >= 0.6 is 0 Å². The molecular formula is C21H29NO3. The Morgan fingerprint density at radius 2 is 1.88 bits per heavy atom. The number of carbonyl (C=O) groups is 2. The molecule has 0 radical (unpaired) electrons. The van der Waals surface area contributed by atoms with Gasteiger partial charge in [0.25, 0.3) is 0 Å². The average molecular weight is 343 g/mol. The highest BCUT2D eigenvalue weighted by Gasteiger charge is 2.39. The Morgan fingerprint density at radius 1 is 1.20 bits per heavy atom. The number of nitrogens with zero attached hydrogens (tertiary/aromatic N) is 1.